The Balaban J connectivity index is 2.67. The number of rotatable bonds is 5. The van der Waals surface area contributed by atoms with Crippen molar-refractivity contribution in [3.8, 4) is 6.07 Å². The van der Waals surface area contributed by atoms with Crippen LogP contribution in [0.3, 0.4) is 0 Å². The molecule has 1 aromatic carbocycles. The fourth-order valence-electron chi connectivity index (χ4n) is 1.27. The molecule has 0 bridgehead atoms. The van der Waals surface area contributed by atoms with Crippen LogP contribution in [-0.4, -0.2) is 19.1 Å². The van der Waals surface area contributed by atoms with Crippen LogP contribution in [0.4, 0.5) is 5.69 Å². The molecule has 0 saturated carbocycles. The van der Waals surface area contributed by atoms with Gasteiger partial charge in [-0.15, -0.1) is 0 Å². The van der Waals surface area contributed by atoms with Crippen LogP contribution in [0, 0.1) is 11.3 Å². The van der Waals surface area contributed by atoms with Crippen molar-refractivity contribution in [1.29, 1.82) is 5.26 Å². The summed E-state index contributed by atoms with van der Waals surface area (Å²) in [5.41, 5.74) is 1.48. The Hall–Kier alpha value is -1.80. The van der Waals surface area contributed by atoms with E-state index >= 15 is 0 Å². The van der Waals surface area contributed by atoms with Crippen molar-refractivity contribution in [2.75, 3.05) is 18.5 Å². The molecule has 1 N–H and O–H groups in total. The van der Waals surface area contributed by atoms with E-state index in [0.717, 1.165) is 4.47 Å². The van der Waals surface area contributed by atoms with Gasteiger partial charge in [0.05, 0.1) is 17.9 Å². The maximum absolute atomic E-state index is 11.3. The molecule has 0 atom stereocenters. The highest BCUT2D eigenvalue weighted by atomic mass is 79.9. The molecule has 0 radical (unpaired) electrons. The van der Waals surface area contributed by atoms with E-state index in [-0.39, 0.29) is 6.54 Å². The Kier molecular flexibility index (Phi) is 5.40. The number of benzene rings is 1. The Morgan fingerprint density at radius 2 is 2.33 bits per heavy atom. The minimum atomic E-state index is -0.430. The molecule has 1 rings (SSSR count). The molecule has 0 aromatic heterocycles. The molecule has 0 amide bonds. The molecular formula is C13H13BrN2O2. The third kappa shape index (κ3) is 3.90. The lowest BCUT2D eigenvalue weighted by Crippen LogP contribution is -2.15. The first kappa shape index (κ1) is 14.3. The number of anilines is 1. The number of nitrogens with zero attached hydrogens (tertiary/aromatic N) is 1. The lowest BCUT2D eigenvalue weighted by atomic mass is 10.2. The van der Waals surface area contributed by atoms with Gasteiger partial charge in [-0.05, 0) is 25.1 Å². The largest absolute Gasteiger partial charge is 0.463 e. The van der Waals surface area contributed by atoms with E-state index in [1.165, 1.54) is 0 Å². The lowest BCUT2D eigenvalue weighted by molar-refractivity contribution is -0.138. The summed E-state index contributed by atoms with van der Waals surface area (Å²) in [6.07, 6.45) is 0. The van der Waals surface area contributed by atoms with Gasteiger partial charge in [0.2, 0.25) is 0 Å². The molecule has 94 valence electrons. The van der Waals surface area contributed by atoms with E-state index in [0.29, 0.717) is 23.4 Å². The second kappa shape index (κ2) is 6.82. The number of ether oxygens (including phenoxy) is 1. The number of halogens is 1. The molecule has 0 spiro atoms. The summed E-state index contributed by atoms with van der Waals surface area (Å²) in [6.45, 7) is 5.93. The minimum Gasteiger partial charge on any atom is -0.463 e. The van der Waals surface area contributed by atoms with E-state index in [2.05, 4.69) is 33.9 Å². The van der Waals surface area contributed by atoms with Crippen LogP contribution in [0.2, 0.25) is 0 Å². The van der Waals surface area contributed by atoms with Crippen LogP contribution in [-0.2, 0) is 9.53 Å². The summed E-state index contributed by atoms with van der Waals surface area (Å²) in [6, 6.07) is 7.36. The van der Waals surface area contributed by atoms with Gasteiger partial charge in [-0.25, -0.2) is 4.79 Å². The van der Waals surface area contributed by atoms with E-state index in [4.69, 9.17) is 10.00 Å². The molecule has 0 aliphatic rings. The third-order valence-electron chi connectivity index (χ3n) is 2.16. The lowest BCUT2D eigenvalue weighted by Gasteiger charge is -2.09. The zero-order valence-electron chi connectivity index (χ0n) is 10.00. The summed E-state index contributed by atoms with van der Waals surface area (Å²) in [5, 5.41) is 12.0. The average Bonchev–Trinajstić information content (AvgIpc) is 2.37. The summed E-state index contributed by atoms with van der Waals surface area (Å²) < 4.78 is 5.64. The number of hydrogen-bond acceptors (Lipinski definition) is 4. The van der Waals surface area contributed by atoms with Crippen LogP contribution in [0.15, 0.2) is 34.8 Å². The first-order chi connectivity index (χ1) is 8.58. The van der Waals surface area contributed by atoms with Gasteiger partial charge in [0.15, 0.2) is 0 Å². The molecule has 0 aliphatic heterocycles. The van der Waals surface area contributed by atoms with Gasteiger partial charge in [-0.3, -0.25) is 0 Å². The normalized spacial score (nSPS) is 9.39. The second-order valence-corrected chi connectivity index (χ2v) is 4.39. The maximum atomic E-state index is 11.3. The molecule has 18 heavy (non-hydrogen) atoms. The quantitative estimate of drug-likeness (QED) is 0.671. The predicted molar refractivity (Wildman–Crippen MR) is 73.1 cm³/mol. The van der Waals surface area contributed by atoms with E-state index < -0.39 is 5.97 Å². The monoisotopic (exact) mass is 308 g/mol. The fourth-order valence-corrected chi connectivity index (χ4v) is 1.63. The standard InChI is InChI=1S/C13H13BrN2O2/c1-3-18-13(17)9(2)8-16-12-5-4-11(14)6-10(12)7-15/h4-6,16H,2-3,8H2,1H3. The number of carbonyl (C=O) groups excluding carboxylic acids is 1. The molecule has 0 heterocycles. The van der Waals surface area contributed by atoms with E-state index in [1.807, 2.05) is 6.07 Å². The highest BCUT2D eigenvalue weighted by Crippen LogP contribution is 2.20. The van der Waals surface area contributed by atoms with Gasteiger partial charge in [0.25, 0.3) is 0 Å². The first-order valence-corrected chi connectivity index (χ1v) is 6.16. The predicted octanol–water partition coefficient (Wildman–Crippen LogP) is 2.85. The molecule has 5 heteroatoms. The smallest absolute Gasteiger partial charge is 0.335 e. The van der Waals surface area contributed by atoms with Gasteiger partial charge < -0.3 is 10.1 Å². The van der Waals surface area contributed by atoms with Crippen molar-refractivity contribution in [1.82, 2.24) is 0 Å². The van der Waals surface area contributed by atoms with Gasteiger partial charge in [-0.1, -0.05) is 22.5 Å². The Bertz CT molecular complexity index is 506. The van der Waals surface area contributed by atoms with Gasteiger partial charge in [-0.2, -0.15) is 5.26 Å². The SMILES string of the molecule is C=C(CNc1ccc(Br)cc1C#N)C(=O)OCC. The number of carbonyl (C=O) groups is 1. The number of nitrogens with one attached hydrogen (secondary N) is 1. The fraction of sp³-hybridized carbons (Fsp3) is 0.231. The molecule has 0 aliphatic carbocycles. The van der Waals surface area contributed by atoms with Gasteiger partial charge in [0, 0.05) is 16.6 Å². The van der Waals surface area contributed by atoms with Crippen molar-refractivity contribution in [3.63, 3.8) is 0 Å². The molecule has 0 saturated heterocycles. The first-order valence-electron chi connectivity index (χ1n) is 5.37. The zero-order valence-corrected chi connectivity index (χ0v) is 11.6. The van der Waals surface area contributed by atoms with Crippen molar-refractivity contribution in [3.05, 3.63) is 40.4 Å². The van der Waals surface area contributed by atoms with Crippen molar-refractivity contribution in [2.24, 2.45) is 0 Å². The van der Waals surface area contributed by atoms with Crippen molar-refractivity contribution >= 4 is 27.6 Å². The summed E-state index contributed by atoms with van der Waals surface area (Å²) in [5.74, 6) is -0.430. The van der Waals surface area contributed by atoms with Crippen LogP contribution in [0.5, 0.6) is 0 Å². The Labute approximate surface area is 114 Å². The number of hydrogen-bond donors (Lipinski definition) is 1. The summed E-state index contributed by atoms with van der Waals surface area (Å²) in [4.78, 5) is 11.3. The zero-order chi connectivity index (χ0) is 13.5. The molecular weight excluding hydrogens is 296 g/mol. The third-order valence-corrected chi connectivity index (χ3v) is 2.65. The maximum Gasteiger partial charge on any atom is 0.335 e. The second-order valence-electron chi connectivity index (χ2n) is 3.48. The van der Waals surface area contributed by atoms with Crippen LogP contribution < -0.4 is 5.32 Å². The van der Waals surface area contributed by atoms with Crippen LogP contribution in [0.25, 0.3) is 0 Å². The van der Waals surface area contributed by atoms with Crippen molar-refractivity contribution in [2.45, 2.75) is 6.92 Å². The average molecular weight is 309 g/mol. The minimum absolute atomic E-state index is 0.245. The molecule has 0 unspecified atom stereocenters. The van der Waals surface area contributed by atoms with E-state index in [1.54, 1.807) is 19.1 Å². The highest BCUT2D eigenvalue weighted by molar-refractivity contribution is 9.10. The number of esters is 1. The molecule has 4 nitrogen and oxygen atoms in total. The Morgan fingerprint density at radius 1 is 1.61 bits per heavy atom. The topological polar surface area (TPSA) is 62.1 Å². The summed E-state index contributed by atoms with van der Waals surface area (Å²) in [7, 11) is 0. The Morgan fingerprint density at radius 3 is 2.94 bits per heavy atom. The van der Waals surface area contributed by atoms with Gasteiger partial charge in [0.1, 0.15) is 6.07 Å². The van der Waals surface area contributed by atoms with Crippen molar-refractivity contribution < 1.29 is 9.53 Å². The summed E-state index contributed by atoms with van der Waals surface area (Å²) >= 11 is 3.29. The number of nitriles is 1. The molecule has 1 aromatic rings. The van der Waals surface area contributed by atoms with Crippen LogP contribution >= 0.6 is 15.9 Å². The van der Waals surface area contributed by atoms with Crippen LogP contribution in [0.1, 0.15) is 12.5 Å². The van der Waals surface area contributed by atoms with E-state index in [9.17, 15) is 4.79 Å². The van der Waals surface area contributed by atoms with Gasteiger partial charge >= 0.3 is 5.97 Å². The molecule has 0 fully saturated rings. The highest BCUT2D eigenvalue weighted by Gasteiger charge is 2.08.